The highest BCUT2D eigenvalue weighted by atomic mass is 16.5. The molecule has 1 aromatic heterocycles. The maximum Gasteiger partial charge on any atom is 0.119 e. The Morgan fingerprint density at radius 1 is 1.23 bits per heavy atom. The Kier molecular flexibility index (Phi) is 3.62. The zero-order chi connectivity index (χ0) is 14.9. The Morgan fingerprint density at radius 2 is 2.14 bits per heavy atom. The summed E-state index contributed by atoms with van der Waals surface area (Å²) in [5.41, 5.74) is 5.34. The molecule has 0 aliphatic heterocycles. The van der Waals surface area contributed by atoms with E-state index in [1.807, 2.05) is 0 Å². The normalized spacial score (nSPS) is 20.7. The Morgan fingerprint density at radius 3 is 2.95 bits per heavy atom. The van der Waals surface area contributed by atoms with Gasteiger partial charge in [0, 0.05) is 24.2 Å². The number of aromatic nitrogens is 2. The van der Waals surface area contributed by atoms with Crippen LogP contribution in [0.25, 0.3) is 0 Å². The van der Waals surface area contributed by atoms with Gasteiger partial charge < -0.3 is 10.1 Å². The molecule has 0 unspecified atom stereocenters. The fourth-order valence-corrected chi connectivity index (χ4v) is 3.35. The van der Waals surface area contributed by atoms with E-state index in [0.29, 0.717) is 6.04 Å². The number of rotatable bonds is 5. The quantitative estimate of drug-likeness (QED) is 0.892. The van der Waals surface area contributed by atoms with Crippen molar-refractivity contribution < 1.29 is 4.74 Å². The summed E-state index contributed by atoms with van der Waals surface area (Å²) < 4.78 is 5.34. The van der Waals surface area contributed by atoms with Crippen molar-refractivity contribution in [3.05, 3.63) is 46.8 Å². The van der Waals surface area contributed by atoms with Gasteiger partial charge in [-0.25, -0.2) is 0 Å². The summed E-state index contributed by atoms with van der Waals surface area (Å²) in [6.45, 7) is 0.879. The average molecular weight is 297 g/mol. The predicted molar refractivity (Wildman–Crippen MR) is 86.2 cm³/mol. The van der Waals surface area contributed by atoms with E-state index in [9.17, 15) is 0 Å². The summed E-state index contributed by atoms with van der Waals surface area (Å²) in [5, 5.41) is 11.3. The minimum Gasteiger partial charge on any atom is -0.497 e. The smallest absolute Gasteiger partial charge is 0.119 e. The second-order valence-corrected chi connectivity index (χ2v) is 6.55. The molecule has 2 aromatic rings. The summed E-state index contributed by atoms with van der Waals surface area (Å²) in [4.78, 5) is 0. The number of aryl methyl sites for hydroxylation is 1. The Labute approximate surface area is 131 Å². The lowest BCUT2D eigenvalue weighted by Gasteiger charge is -2.25. The van der Waals surface area contributed by atoms with Crippen molar-refractivity contribution in [2.75, 3.05) is 7.11 Å². The molecule has 2 aliphatic carbocycles. The number of aromatic amines is 1. The van der Waals surface area contributed by atoms with Gasteiger partial charge in [-0.05, 0) is 61.4 Å². The van der Waals surface area contributed by atoms with Gasteiger partial charge in [0.1, 0.15) is 5.75 Å². The molecule has 0 spiro atoms. The summed E-state index contributed by atoms with van der Waals surface area (Å²) >= 11 is 0. The topological polar surface area (TPSA) is 49.9 Å². The lowest BCUT2D eigenvalue weighted by molar-refractivity contribution is 0.410. The molecule has 4 rings (SSSR count). The molecule has 22 heavy (non-hydrogen) atoms. The maximum atomic E-state index is 5.34. The molecule has 116 valence electrons. The third-order valence-corrected chi connectivity index (χ3v) is 4.87. The van der Waals surface area contributed by atoms with Gasteiger partial charge >= 0.3 is 0 Å². The maximum absolute atomic E-state index is 5.34. The monoisotopic (exact) mass is 297 g/mol. The van der Waals surface area contributed by atoms with Gasteiger partial charge in [-0.1, -0.05) is 6.07 Å². The van der Waals surface area contributed by atoms with Crippen LogP contribution in [0.4, 0.5) is 0 Å². The molecule has 0 radical (unpaired) electrons. The second-order valence-electron chi connectivity index (χ2n) is 6.55. The highest BCUT2D eigenvalue weighted by Crippen LogP contribution is 2.39. The zero-order valence-electron chi connectivity index (χ0n) is 13.1. The van der Waals surface area contributed by atoms with E-state index in [1.165, 1.54) is 41.8 Å². The Hall–Kier alpha value is -1.81. The van der Waals surface area contributed by atoms with Crippen LogP contribution in [0.5, 0.6) is 5.75 Å². The summed E-state index contributed by atoms with van der Waals surface area (Å²) in [6.07, 6.45) is 6.03. The van der Waals surface area contributed by atoms with Gasteiger partial charge in [-0.15, -0.1) is 0 Å². The minimum atomic E-state index is 0.535. The molecule has 1 heterocycles. The van der Waals surface area contributed by atoms with E-state index >= 15 is 0 Å². The molecule has 1 fully saturated rings. The number of H-pyrrole nitrogens is 1. The zero-order valence-corrected chi connectivity index (χ0v) is 13.1. The van der Waals surface area contributed by atoms with E-state index in [1.54, 1.807) is 7.11 Å². The lowest BCUT2D eigenvalue weighted by atomic mass is 9.88. The summed E-state index contributed by atoms with van der Waals surface area (Å²) in [5.74, 6) is 1.68. The van der Waals surface area contributed by atoms with Gasteiger partial charge in [0.05, 0.1) is 12.8 Å². The number of methoxy groups -OCH3 is 1. The van der Waals surface area contributed by atoms with E-state index in [4.69, 9.17) is 4.74 Å². The molecule has 1 saturated carbocycles. The van der Waals surface area contributed by atoms with Gasteiger partial charge in [0.25, 0.3) is 0 Å². The third kappa shape index (κ3) is 2.88. The molecular formula is C18H23N3O. The predicted octanol–water partition coefficient (Wildman–Crippen LogP) is 2.94. The van der Waals surface area contributed by atoms with Crippen LogP contribution < -0.4 is 10.1 Å². The Bertz CT molecular complexity index is 660. The van der Waals surface area contributed by atoms with Crippen molar-refractivity contribution in [2.45, 2.75) is 50.6 Å². The Balaban J connectivity index is 1.37. The van der Waals surface area contributed by atoms with Crippen molar-refractivity contribution in [3.8, 4) is 5.75 Å². The van der Waals surface area contributed by atoms with Gasteiger partial charge in [-0.2, -0.15) is 5.10 Å². The fraction of sp³-hybridized carbons (Fsp3) is 0.500. The molecule has 0 saturated heterocycles. The van der Waals surface area contributed by atoms with Gasteiger partial charge in [-0.3, -0.25) is 5.10 Å². The van der Waals surface area contributed by atoms with Gasteiger partial charge in [0.2, 0.25) is 0 Å². The van der Waals surface area contributed by atoms with Crippen LogP contribution in [-0.4, -0.2) is 23.3 Å². The molecule has 1 atom stereocenters. The van der Waals surface area contributed by atoms with Crippen molar-refractivity contribution in [3.63, 3.8) is 0 Å². The first-order chi connectivity index (χ1) is 10.8. The van der Waals surface area contributed by atoms with Crippen molar-refractivity contribution in [1.29, 1.82) is 0 Å². The number of nitrogens with one attached hydrogen (secondary N) is 2. The summed E-state index contributed by atoms with van der Waals surface area (Å²) in [6, 6.07) is 9.22. The molecule has 2 aliphatic rings. The second kappa shape index (κ2) is 5.76. The number of ether oxygens (including phenoxy) is 1. The molecule has 0 amide bonds. The van der Waals surface area contributed by atoms with Crippen LogP contribution in [-0.2, 0) is 19.4 Å². The van der Waals surface area contributed by atoms with E-state index in [2.05, 4.69) is 39.8 Å². The first-order valence-corrected chi connectivity index (χ1v) is 8.25. The number of benzene rings is 1. The molecule has 0 bridgehead atoms. The molecule has 4 nitrogen and oxygen atoms in total. The van der Waals surface area contributed by atoms with Crippen LogP contribution in [0, 0.1) is 0 Å². The van der Waals surface area contributed by atoms with E-state index in [-0.39, 0.29) is 0 Å². The van der Waals surface area contributed by atoms with Crippen LogP contribution in [0.1, 0.15) is 47.7 Å². The van der Waals surface area contributed by atoms with Crippen molar-refractivity contribution in [1.82, 2.24) is 15.5 Å². The largest absolute Gasteiger partial charge is 0.497 e. The van der Waals surface area contributed by atoms with Crippen molar-refractivity contribution >= 4 is 0 Å². The van der Waals surface area contributed by atoms with E-state index in [0.717, 1.165) is 31.1 Å². The van der Waals surface area contributed by atoms with Crippen LogP contribution >= 0.6 is 0 Å². The number of hydrogen-bond acceptors (Lipinski definition) is 3. The van der Waals surface area contributed by atoms with E-state index < -0.39 is 0 Å². The highest BCUT2D eigenvalue weighted by Gasteiger charge is 2.26. The highest BCUT2D eigenvalue weighted by molar-refractivity contribution is 5.37. The lowest BCUT2D eigenvalue weighted by Crippen LogP contribution is -2.34. The van der Waals surface area contributed by atoms with Crippen LogP contribution in [0.15, 0.2) is 24.3 Å². The SMILES string of the molecule is COc1ccc2c(c1)C[C@H](NCc1cc(C3CC3)n[nH]1)CC2. The average Bonchev–Trinajstić information content (AvgIpc) is 3.31. The van der Waals surface area contributed by atoms with Crippen LogP contribution in [0.3, 0.4) is 0 Å². The van der Waals surface area contributed by atoms with Gasteiger partial charge in [0.15, 0.2) is 0 Å². The minimum absolute atomic E-state index is 0.535. The number of hydrogen-bond donors (Lipinski definition) is 2. The first-order valence-electron chi connectivity index (χ1n) is 8.25. The van der Waals surface area contributed by atoms with Crippen molar-refractivity contribution in [2.24, 2.45) is 0 Å². The molecule has 4 heteroatoms. The molecule has 1 aromatic carbocycles. The third-order valence-electron chi connectivity index (χ3n) is 4.87. The molecular weight excluding hydrogens is 274 g/mol. The number of nitrogens with zero attached hydrogens (tertiary/aromatic N) is 1. The first kappa shape index (κ1) is 13.8. The summed E-state index contributed by atoms with van der Waals surface area (Å²) in [7, 11) is 1.73. The standard InChI is InChI=1S/C18H23N3O/c1-22-17-7-5-12-4-6-15(8-14(12)9-17)19-11-16-10-18(21-20-16)13-2-3-13/h5,7,9-10,13,15,19H,2-4,6,8,11H2,1H3,(H,20,21)/t15-/m1/s1. The molecule has 2 N–H and O–H groups in total. The number of fused-ring (bicyclic) bond motifs is 1. The fourth-order valence-electron chi connectivity index (χ4n) is 3.35. The van der Waals surface area contributed by atoms with Crippen LogP contribution in [0.2, 0.25) is 0 Å².